The SMILES string of the molecule is CN(CCc1ccccn1)c1nc2c(s1)C(=O)CCC2. The molecule has 1 aliphatic carbocycles. The molecule has 0 spiro atoms. The summed E-state index contributed by atoms with van der Waals surface area (Å²) in [5, 5.41) is 0.946. The second kappa shape index (κ2) is 5.71. The van der Waals surface area contributed by atoms with Gasteiger partial charge in [0.05, 0.1) is 10.6 Å². The summed E-state index contributed by atoms with van der Waals surface area (Å²) in [4.78, 5) is 23.8. The molecule has 0 saturated carbocycles. The van der Waals surface area contributed by atoms with Gasteiger partial charge in [0.15, 0.2) is 10.9 Å². The van der Waals surface area contributed by atoms with E-state index in [-0.39, 0.29) is 5.78 Å². The van der Waals surface area contributed by atoms with Gasteiger partial charge in [-0.15, -0.1) is 0 Å². The van der Waals surface area contributed by atoms with E-state index >= 15 is 0 Å². The van der Waals surface area contributed by atoms with Crippen molar-refractivity contribution in [1.29, 1.82) is 0 Å². The van der Waals surface area contributed by atoms with Gasteiger partial charge in [0.1, 0.15) is 0 Å². The number of aromatic nitrogens is 2. The summed E-state index contributed by atoms with van der Waals surface area (Å²) in [7, 11) is 2.03. The third-order valence-corrected chi connectivity index (χ3v) is 4.77. The van der Waals surface area contributed by atoms with E-state index in [1.807, 2.05) is 31.4 Å². The van der Waals surface area contributed by atoms with Gasteiger partial charge in [0.2, 0.25) is 0 Å². The number of nitrogens with zero attached hydrogens (tertiary/aromatic N) is 3. The van der Waals surface area contributed by atoms with Crippen LogP contribution in [0.3, 0.4) is 0 Å². The molecule has 0 bridgehead atoms. The molecule has 5 heteroatoms. The Kier molecular flexibility index (Phi) is 3.78. The molecular formula is C15H17N3OS. The Labute approximate surface area is 122 Å². The Balaban J connectivity index is 1.68. The normalized spacial score (nSPS) is 14.2. The molecule has 104 valence electrons. The minimum absolute atomic E-state index is 0.258. The average molecular weight is 287 g/mol. The van der Waals surface area contributed by atoms with E-state index in [0.717, 1.165) is 47.2 Å². The Morgan fingerprint density at radius 2 is 2.25 bits per heavy atom. The van der Waals surface area contributed by atoms with Gasteiger partial charge in [-0.1, -0.05) is 17.4 Å². The van der Waals surface area contributed by atoms with Gasteiger partial charge in [0, 0.05) is 38.3 Å². The van der Waals surface area contributed by atoms with Crippen LogP contribution >= 0.6 is 11.3 Å². The largest absolute Gasteiger partial charge is 0.351 e. The van der Waals surface area contributed by atoms with Crippen LogP contribution in [0.2, 0.25) is 0 Å². The Morgan fingerprint density at radius 1 is 1.35 bits per heavy atom. The highest BCUT2D eigenvalue weighted by Gasteiger charge is 2.23. The molecule has 20 heavy (non-hydrogen) atoms. The standard InChI is InChI=1S/C15H17N3OS/c1-18(10-8-11-5-2-3-9-16-11)15-17-12-6-4-7-13(19)14(12)20-15/h2-3,5,9H,4,6-8,10H2,1H3. The molecule has 2 heterocycles. The van der Waals surface area contributed by atoms with Gasteiger partial charge in [0.25, 0.3) is 0 Å². The Bertz CT molecular complexity index is 609. The van der Waals surface area contributed by atoms with Crippen LogP contribution in [0.4, 0.5) is 5.13 Å². The van der Waals surface area contributed by atoms with Crippen molar-refractivity contribution in [2.24, 2.45) is 0 Å². The van der Waals surface area contributed by atoms with Crippen LogP contribution in [0.1, 0.15) is 33.9 Å². The molecule has 0 fully saturated rings. The zero-order valence-electron chi connectivity index (χ0n) is 11.5. The predicted molar refractivity (Wildman–Crippen MR) is 80.6 cm³/mol. The number of aryl methyl sites for hydroxylation is 1. The number of anilines is 1. The van der Waals surface area contributed by atoms with Crippen LogP contribution in [0, 0.1) is 0 Å². The van der Waals surface area contributed by atoms with Crippen LogP contribution in [0.25, 0.3) is 0 Å². The molecule has 3 rings (SSSR count). The molecule has 0 radical (unpaired) electrons. The molecule has 2 aromatic heterocycles. The maximum absolute atomic E-state index is 11.8. The number of fused-ring (bicyclic) bond motifs is 1. The first-order valence-corrected chi connectivity index (χ1v) is 7.69. The molecule has 0 saturated heterocycles. The maximum atomic E-state index is 11.8. The van der Waals surface area contributed by atoms with Crippen molar-refractivity contribution in [2.75, 3.05) is 18.5 Å². The lowest BCUT2D eigenvalue weighted by molar-refractivity contribution is 0.0976. The first-order valence-electron chi connectivity index (χ1n) is 6.88. The minimum Gasteiger partial charge on any atom is -0.351 e. The number of hydrogen-bond acceptors (Lipinski definition) is 5. The summed E-state index contributed by atoms with van der Waals surface area (Å²) in [6.07, 6.45) is 5.25. The van der Waals surface area contributed by atoms with E-state index < -0.39 is 0 Å². The van der Waals surface area contributed by atoms with Crippen molar-refractivity contribution >= 4 is 22.3 Å². The highest BCUT2D eigenvalue weighted by molar-refractivity contribution is 7.17. The fourth-order valence-electron chi connectivity index (χ4n) is 2.34. The summed E-state index contributed by atoms with van der Waals surface area (Å²) in [6.45, 7) is 0.859. The van der Waals surface area contributed by atoms with Gasteiger partial charge < -0.3 is 4.90 Å². The maximum Gasteiger partial charge on any atom is 0.185 e. The van der Waals surface area contributed by atoms with E-state index in [9.17, 15) is 4.79 Å². The van der Waals surface area contributed by atoms with Crippen LogP contribution < -0.4 is 4.90 Å². The van der Waals surface area contributed by atoms with E-state index in [1.165, 1.54) is 11.3 Å². The lowest BCUT2D eigenvalue weighted by Gasteiger charge is -2.14. The molecule has 1 aliphatic rings. The summed E-state index contributed by atoms with van der Waals surface area (Å²) >= 11 is 1.53. The number of likely N-dealkylation sites (N-methyl/N-ethyl adjacent to an activating group) is 1. The zero-order chi connectivity index (χ0) is 13.9. The van der Waals surface area contributed by atoms with Crippen molar-refractivity contribution in [3.8, 4) is 0 Å². The van der Waals surface area contributed by atoms with Crippen molar-refractivity contribution in [3.05, 3.63) is 40.7 Å². The number of hydrogen-bond donors (Lipinski definition) is 0. The van der Waals surface area contributed by atoms with Gasteiger partial charge in [-0.25, -0.2) is 4.98 Å². The van der Waals surface area contributed by atoms with Crippen LogP contribution in [0.5, 0.6) is 0 Å². The van der Waals surface area contributed by atoms with Crippen molar-refractivity contribution in [1.82, 2.24) is 9.97 Å². The minimum atomic E-state index is 0.258. The lowest BCUT2D eigenvalue weighted by atomic mass is 10.0. The number of thiazole rings is 1. The van der Waals surface area contributed by atoms with Gasteiger partial charge >= 0.3 is 0 Å². The topological polar surface area (TPSA) is 46.1 Å². The molecular weight excluding hydrogens is 270 g/mol. The molecule has 0 N–H and O–H groups in total. The highest BCUT2D eigenvalue weighted by atomic mass is 32.1. The third-order valence-electron chi connectivity index (χ3n) is 3.51. The first kappa shape index (κ1) is 13.2. The summed E-state index contributed by atoms with van der Waals surface area (Å²) in [6, 6.07) is 5.96. The van der Waals surface area contributed by atoms with Crippen LogP contribution in [0.15, 0.2) is 24.4 Å². The number of rotatable bonds is 4. The van der Waals surface area contributed by atoms with Crippen molar-refractivity contribution in [3.63, 3.8) is 0 Å². The molecule has 0 unspecified atom stereocenters. The van der Waals surface area contributed by atoms with Crippen LogP contribution in [-0.4, -0.2) is 29.3 Å². The Morgan fingerprint density at radius 3 is 3.00 bits per heavy atom. The van der Waals surface area contributed by atoms with E-state index in [0.29, 0.717) is 6.42 Å². The monoisotopic (exact) mass is 287 g/mol. The fraction of sp³-hybridized carbons (Fsp3) is 0.400. The van der Waals surface area contributed by atoms with E-state index in [1.54, 1.807) is 0 Å². The van der Waals surface area contributed by atoms with Crippen molar-refractivity contribution < 1.29 is 4.79 Å². The molecule has 0 aromatic carbocycles. The second-order valence-corrected chi connectivity index (χ2v) is 6.02. The summed E-state index contributed by atoms with van der Waals surface area (Å²) in [5.74, 6) is 0.258. The van der Waals surface area contributed by atoms with Crippen molar-refractivity contribution in [2.45, 2.75) is 25.7 Å². The van der Waals surface area contributed by atoms with E-state index in [4.69, 9.17) is 0 Å². The second-order valence-electron chi connectivity index (χ2n) is 5.04. The average Bonchev–Trinajstić information content (AvgIpc) is 2.91. The van der Waals surface area contributed by atoms with Gasteiger partial charge in [-0.05, 0) is 25.0 Å². The number of carbonyl (C=O) groups excluding carboxylic acids is 1. The van der Waals surface area contributed by atoms with Crippen LogP contribution in [-0.2, 0) is 12.8 Å². The summed E-state index contributed by atoms with van der Waals surface area (Å²) < 4.78 is 0. The fourth-order valence-corrected chi connectivity index (χ4v) is 3.41. The smallest absolute Gasteiger partial charge is 0.185 e. The van der Waals surface area contributed by atoms with Gasteiger partial charge in [-0.2, -0.15) is 0 Å². The first-order chi connectivity index (χ1) is 9.74. The zero-order valence-corrected chi connectivity index (χ0v) is 12.3. The molecule has 0 aliphatic heterocycles. The number of Topliss-reactive ketones (excluding diaryl/α,β-unsaturated/α-hetero) is 1. The van der Waals surface area contributed by atoms with Gasteiger partial charge in [-0.3, -0.25) is 9.78 Å². The molecule has 4 nitrogen and oxygen atoms in total. The number of pyridine rings is 1. The molecule has 0 atom stereocenters. The highest BCUT2D eigenvalue weighted by Crippen LogP contribution is 2.31. The third kappa shape index (κ3) is 2.72. The quantitative estimate of drug-likeness (QED) is 0.867. The van der Waals surface area contributed by atoms with E-state index in [2.05, 4.69) is 14.9 Å². The number of ketones is 1. The number of carbonyl (C=O) groups is 1. The molecule has 0 amide bonds. The summed E-state index contributed by atoms with van der Waals surface area (Å²) in [5.41, 5.74) is 2.07. The molecule has 2 aromatic rings. The Hall–Kier alpha value is -1.75. The lowest BCUT2D eigenvalue weighted by Crippen LogP contribution is -2.20. The predicted octanol–water partition coefficient (Wildman–Crippen LogP) is 2.74.